The second kappa shape index (κ2) is 7.03. The van der Waals surface area contributed by atoms with Crippen molar-refractivity contribution in [3.8, 4) is 0 Å². The molecule has 1 amide bonds. The van der Waals surface area contributed by atoms with Gasteiger partial charge in [-0.05, 0) is 25.0 Å². The molecule has 1 saturated heterocycles. The third kappa shape index (κ3) is 3.20. The van der Waals surface area contributed by atoms with Crippen LogP contribution in [0, 0.1) is 0 Å². The SMILES string of the molecule is C=CCO[C@H]1CC[C@H]2[C@H]1OCCN2C(=O)Cc1ccccn1. The van der Waals surface area contributed by atoms with Crippen LogP contribution in [0.3, 0.4) is 0 Å². The minimum atomic E-state index is -0.0126. The molecule has 0 aromatic carbocycles. The van der Waals surface area contributed by atoms with Crippen LogP contribution in [0.2, 0.25) is 0 Å². The minimum absolute atomic E-state index is 0.0126. The van der Waals surface area contributed by atoms with Crippen molar-refractivity contribution < 1.29 is 14.3 Å². The minimum Gasteiger partial charge on any atom is -0.372 e. The number of nitrogens with zero attached hydrogens (tertiary/aromatic N) is 2. The zero-order valence-electron chi connectivity index (χ0n) is 12.7. The Bertz CT molecular complexity index is 520. The lowest BCUT2D eigenvalue weighted by Gasteiger charge is -2.39. The molecule has 1 aromatic heterocycles. The van der Waals surface area contributed by atoms with E-state index in [0.29, 0.717) is 26.2 Å². The molecule has 2 heterocycles. The molecule has 118 valence electrons. The Hall–Kier alpha value is -1.72. The molecule has 0 spiro atoms. The molecular formula is C17H22N2O3. The van der Waals surface area contributed by atoms with E-state index in [1.54, 1.807) is 12.3 Å². The first kappa shape index (κ1) is 15.2. The highest BCUT2D eigenvalue weighted by Gasteiger charge is 2.44. The van der Waals surface area contributed by atoms with Crippen molar-refractivity contribution in [2.45, 2.75) is 37.5 Å². The Morgan fingerprint density at radius 2 is 2.41 bits per heavy atom. The summed E-state index contributed by atoms with van der Waals surface area (Å²) in [5.74, 6) is 0.126. The van der Waals surface area contributed by atoms with Crippen molar-refractivity contribution in [3.05, 3.63) is 42.7 Å². The topological polar surface area (TPSA) is 51.7 Å². The number of carbonyl (C=O) groups excluding carboxylic acids is 1. The molecular weight excluding hydrogens is 280 g/mol. The zero-order valence-corrected chi connectivity index (χ0v) is 12.7. The maximum Gasteiger partial charge on any atom is 0.229 e. The second-order valence-electron chi connectivity index (χ2n) is 5.73. The summed E-state index contributed by atoms with van der Waals surface area (Å²) in [4.78, 5) is 18.8. The van der Waals surface area contributed by atoms with Gasteiger partial charge in [-0.25, -0.2) is 0 Å². The quantitative estimate of drug-likeness (QED) is 0.775. The molecule has 1 aromatic rings. The van der Waals surface area contributed by atoms with E-state index < -0.39 is 0 Å². The maximum absolute atomic E-state index is 12.6. The average Bonchev–Trinajstić information content (AvgIpc) is 2.97. The summed E-state index contributed by atoms with van der Waals surface area (Å²) in [6.45, 7) is 5.43. The van der Waals surface area contributed by atoms with Gasteiger partial charge in [-0.1, -0.05) is 12.1 Å². The van der Waals surface area contributed by atoms with Crippen molar-refractivity contribution in [1.29, 1.82) is 0 Å². The van der Waals surface area contributed by atoms with Gasteiger partial charge in [-0.2, -0.15) is 0 Å². The summed E-state index contributed by atoms with van der Waals surface area (Å²) in [5, 5.41) is 0. The molecule has 5 nitrogen and oxygen atoms in total. The Balaban J connectivity index is 1.64. The van der Waals surface area contributed by atoms with Crippen LogP contribution in [0.25, 0.3) is 0 Å². The number of aromatic nitrogens is 1. The largest absolute Gasteiger partial charge is 0.372 e. The van der Waals surface area contributed by atoms with E-state index in [4.69, 9.17) is 9.47 Å². The highest BCUT2D eigenvalue weighted by atomic mass is 16.5. The molecule has 3 atom stereocenters. The number of amides is 1. The molecule has 3 rings (SSSR count). The van der Waals surface area contributed by atoms with Gasteiger partial charge in [0.1, 0.15) is 6.10 Å². The summed E-state index contributed by atoms with van der Waals surface area (Å²) >= 11 is 0. The van der Waals surface area contributed by atoms with Crippen molar-refractivity contribution in [2.24, 2.45) is 0 Å². The molecule has 0 unspecified atom stereocenters. The lowest BCUT2D eigenvalue weighted by Crippen LogP contribution is -2.54. The summed E-state index contributed by atoms with van der Waals surface area (Å²) in [6, 6.07) is 5.78. The van der Waals surface area contributed by atoms with E-state index in [2.05, 4.69) is 11.6 Å². The number of fused-ring (bicyclic) bond motifs is 1. The predicted molar refractivity (Wildman–Crippen MR) is 82.4 cm³/mol. The fraction of sp³-hybridized carbons (Fsp3) is 0.529. The lowest BCUT2D eigenvalue weighted by atomic mass is 10.1. The van der Waals surface area contributed by atoms with E-state index in [1.165, 1.54) is 0 Å². The van der Waals surface area contributed by atoms with E-state index in [9.17, 15) is 4.79 Å². The first-order valence-corrected chi connectivity index (χ1v) is 7.83. The van der Waals surface area contributed by atoms with Crippen molar-refractivity contribution in [1.82, 2.24) is 9.88 Å². The molecule has 1 saturated carbocycles. The summed E-state index contributed by atoms with van der Waals surface area (Å²) < 4.78 is 11.6. The predicted octanol–water partition coefficient (Wildman–Crippen LogP) is 1.59. The van der Waals surface area contributed by atoms with E-state index in [-0.39, 0.29) is 24.2 Å². The maximum atomic E-state index is 12.6. The number of carbonyl (C=O) groups is 1. The lowest BCUT2D eigenvalue weighted by molar-refractivity contribution is -0.150. The van der Waals surface area contributed by atoms with E-state index in [1.807, 2.05) is 23.1 Å². The fourth-order valence-electron chi connectivity index (χ4n) is 3.35. The van der Waals surface area contributed by atoms with Crippen molar-refractivity contribution >= 4 is 5.91 Å². The number of morpholine rings is 1. The molecule has 0 radical (unpaired) electrons. The third-order valence-electron chi connectivity index (χ3n) is 4.34. The Kier molecular flexibility index (Phi) is 4.85. The van der Waals surface area contributed by atoms with Gasteiger partial charge in [0.25, 0.3) is 0 Å². The third-order valence-corrected chi connectivity index (χ3v) is 4.34. The molecule has 0 bridgehead atoms. The normalized spacial score (nSPS) is 27.5. The molecule has 5 heteroatoms. The van der Waals surface area contributed by atoms with E-state index >= 15 is 0 Å². The highest BCUT2D eigenvalue weighted by Crippen LogP contribution is 2.32. The van der Waals surface area contributed by atoms with Gasteiger partial charge in [0.05, 0.1) is 31.8 Å². The molecule has 2 aliphatic rings. The van der Waals surface area contributed by atoms with Gasteiger partial charge >= 0.3 is 0 Å². The number of hydrogen-bond acceptors (Lipinski definition) is 4. The monoisotopic (exact) mass is 302 g/mol. The van der Waals surface area contributed by atoms with Crippen LogP contribution in [0.15, 0.2) is 37.1 Å². The molecule has 2 fully saturated rings. The standard InChI is InChI=1S/C17H22N2O3/c1-2-10-21-15-7-6-14-17(15)22-11-9-19(14)16(20)12-13-5-3-4-8-18-13/h2-5,8,14-15,17H,1,6-7,9-12H2/t14-,15-,17+/m0/s1. The van der Waals surface area contributed by atoms with Crippen LogP contribution in [0.4, 0.5) is 0 Å². The number of pyridine rings is 1. The van der Waals surface area contributed by atoms with Gasteiger partial charge in [-0.3, -0.25) is 9.78 Å². The summed E-state index contributed by atoms with van der Waals surface area (Å²) in [5.41, 5.74) is 0.813. The summed E-state index contributed by atoms with van der Waals surface area (Å²) in [6.07, 6.45) is 5.73. The Morgan fingerprint density at radius 3 is 3.18 bits per heavy atom. The Morgan fingerprint density at radius 1 is 1.50 bits per heavy atom. The van der Waals surface area contributed by atoms with Crippen LogP contribution in [-0.2, 0) is 20.7 Å². The van der Waals surface area contributed by atoms with E-state index in [0.717, 1.165) is 18.5 Å². The van der Waals surface area contributed by atoms with Crippen LogP contribution >= 0.6 is 0 Å². The highest BCUT2D eigenvalue weighted by molar-refractivity contribution is 5.79. The van der Waals surface area contributed by atoms with Gasteiger partial charge in [0.2, 0.25) is 5.91 Å². The fourth-order valence-corrected chi connectivity index (χ4v) is 3.35. The Labute approximate surface area is 130 Å². The van der Waals surface area contributed by atoms with Crippen molar-refractivity contribution in [2.75, 3.05) is 19.8 Å². The van der Waals surface area contributed by atoms with Crippen LogP contribution in [0.5, 0.6) is 0 Å². The van der Waals surface area contributed by atoms with Crippen LogP contribution in [-0.4, -0.2) is 53.8 Å². The number of ether oxygens (including phenoxy) is 2. The smallest absolute Gasteiger partial charge is 0.229 e. The molecule has 1 aliphatic carbocycles. The molecule has 0 N–H and O–H groups in total. The zero-order chi connectivity index (χ0) is 15.4. The number of rotatable bonds is 5. The van der Waals surface area contributed by atoms with Gasteiger partial charge in [-0.15, -0.1) is 6.58 Å². The van der Waals surface area contributed by atoms with Gasteiger partial charge < -0.3 is 14.4 Å². The first-order chi connectivity index (χ1) is 10.8. The van der Waals surface area contributed by atoms with Crippen molar-refractivity contribution in [3.63, 3.8) is 0 Å². The summed E-state index contributed by atoms with van der Waals surface area (Å²) in [7, 11) is 0. The van der Waals surface area contributed by atoms with Gasteiger partial charge in [0.15, 0.2) is 0 Å². The first-order valence-electron chi connectivity index (χ1n) is 7.83. The molecule has 1 aliphatic heterocycles. The average molecular weight is 302 g/mol. The van der Waals surface area contributed by atoms with Crippen LogP contribution in [0.1, 0.15) is 18.5 Å². The van der Waals surface area contributed by atoms with Gasteiger partial charge in [0, 0.05) is 18.4 Å². The second-order valence-corrected chi connectivity index (χ2v) is 5.73. The van der Waals surface area contributed by atoms with Crippen LogP contribution < -0.4 is 0 Å². The number of hydrogen-bond donors (Lipinski definition) is 0. The molecule has 22 heavy (non-hydrogen) atoms.